The summed E-state index contributed by atoms with van der Waals surface area (Å²) in [5, 5.41) is 3.52. The largest absolute Gasteiger partial charge is 0.493 e. The Hall–Kier alpha value is -0.450. The molecule has 0 heterocycles. The van der Waals surface area contributed by atoms with Gasteiger partial charge in [-0.2, -0.15) is 0 Å². The van der Waals surface area contributed by atoms with E-state index >= 15 is 0 Å². The number of rotatable bonds is 6. The van der Waals surface area contributed by atoms with E-state index in [9.17, 15) is 0 Å². The van der Waals surface area contributed by atoms with E-state index in [2.05, 4.69) is 48.1 Å². The van der Waals surface area contributed by atoms with Crippen molar-refractivity contribution in [2.75, 3.05) is 14.2 Å². The molecule has 0 aliphatic rings. The maximum atomic E-state index is 5.33. The van der Waals surface area contributed by atoms with Crippen LogP contribution in [0.5, 0.6) is 11.5 Å². The minimum Gasteiger partial charge on any atom is -0.493 e. The summed E-state index contributed by atoms with van der Waals surface area (Å²) in [5.74, 6) is 1.48. The molecule has 0 aliphatic heterocycles. The lowest BCUT2D eigenvalue weighted by atomic mass is 10.0. The van der Waals surface area contributed by atoms with Gasteiger partial charge in [-0.25, -0.2) is 0 Å². The number of ether oxygens (including phenoxy) is 2. The maximum absolute atomic E-state index is 5.33. The molecule has 0 saturated heterocycles. The van der Waals surface area contributed by atoms with Crippen LogP contribution in [-0.2, 0) is 6.54 Å². The molecular weight excluding hydrogens is 330 g/mol. The second-order valence-corrected chi connectivity index (χ2v) is 5.76. The van der Waals surface area contributed by atoms with Gasteiger partial charge >= 0.3 is 0 Å². The molecule has 0 radical (unpaired) electrons. The molecule has 0 unspecified atom stereocenters. The standard InChI is InChI=1S/C14H22BrNO2.ClH/c1-6-14(2,3)16-9-10-7-11(15)13(18-5)12(8-10)17-4;/h7-8,16H,6,9H2,1-5H3;1H. The summed E-state index contributed by atoms with van der Waals surface area (Å²) in [6.07, 6.45) is 1.08. The Kier molecular flexibility index (Phi) is 7.79. The first kappa shape index (κ1) is 18.6. The van der Waals surface area contributed by atoms with Crippen LogP contribution in [0.1, 0.15) is 32.8 Å². The van der Waals surface area contributed by atoms with Crippen LogP contribution in [0, 0.1) is 0 Å². The fourth-order valence-corrected chi connectivity index (χ4v) is 2.19. The Morgan fingerprint density at radius 1 is 1.21 bits per heavy atom. The summed E-state index contributed by atoms with van der Waals surface area (Å²) >= 11 is 3.50. The van der Waals surface area contributed by atoms with Crippen molar-refractivity contribution in [3.63, 3.8) is 0 Å². The molecule has 3 nitrogen and oxygen atoms in total. The van der Waals surface area contributed by atoms with Crippen LogP contribution in [0.15, 0.2) is 16.6 Å². The smallest absolute Gasteiger partial charge is 0.174 e. The maximum Gasteiger partial charge on any atom is 0.174 e. The van der Waals surface area contributed by atoms with E-state index in [-0.39, 0.29) is 17.9 Å². The van der Waals surface area contributed by atoms with Crippen molar-refractivity contribution in [3.05, 3.63) is 22.2 Å². The summed E-state index contributed by atoms with van der Waals surface area (Å²) in [4.78, 5) is 0. The Bertz CT molecular complexity index is 411. The van der Waals surface area contributed by atoms with Gasteiger partial charge in [0.25, 0.3) is 0 Å². The number of hydrogen-bond acceptors (Lipinski definition) is 3. The third-order valence-electron chi connectivity index (χ3n) is 3.15. The van der Waals surface area contributed by atoms with E-state index in [1.165, 1.54) is 5.56 Å². The van der Waals surface area contributed by atoms with Crippen molar-refractivity contribution >= 4 is 28.3 Å². The lowest BCUT2D eigenvalue weighted by Gasteiger charge is -2.25. The highest BCUT2D eigenvalue weighted by Gasteiger charge is 2.15. The van der Waals surface area contributed by atoms with Crippen molar-refractivity contribution in [2.45, 2.75) is 39.3 Å². The number of halogens is 2. The molecule has 0 bridgehead atoms. The molecule has 0 atom stereocenters. The Morgan fingerprint density at radius 2 is 1.84 bits per heavy atom. The van der Waals surface area contributed by atoms with E-state index < -0.39 is 0 Å². The first-order valence-corrected chi connectivity index (χ1v) is 6.88. The molecule has 0 spiro atoms. The van der Waals surface area contributed by atoms with Crippen LogP contribution in [0.2, 0.25) is 0 Å². The highest BCUT2D eigenvalue weighted by molar-refractivity contribution is 9.10. The van der Waals surface area contributed by atoms with Crippen LogP contribution >= 0.6 is 28.3 Å². The molecule has 1 aromatic rings. The molecule has 0 aliphatic carbocycles. The van der Waals surface area contributed by atoms with Gasteiger partial charge in [0, 0.05) is 12.1 Å². The summed E-state index contributed by atoms with van der Waals surface area (Å²) in [6, 6.07) is 4.06. The van der Waals surface area contributed by atoms with Gasteiger partial charge in [-0.1, -0.05) is 6.92 Å². The van der Waals surface area contributed by atoms with Gasteiger partial charge in [0.15, 0.2) is 11.5 Å². The van der Waals surface area contributed by atoms with Crippen molar-refractivity contribution in [1.82, 2.24) is 5.32 Å². The number of methoxy groups -OCH3 is 2. The van der Waals surface area contributed by atoms with Crippen LogP contribution in [0.4, 0.5) is 0 Å². The van der Waals surface area contributed by atoms with E-state index in [0.29, 0.717) is 0 Å². The zero-order valence-corrected chi connectivity index (χ0v) is 14.6. The van der Waals surface area contributed by atoms with Gasteiger partial charge in [-0.05, 0) is 53.9 Å². The molecule has 0 aromatic heterocycles. The number of benzene rings is 1. The Balaban J connectivity index is 0.00000324. The van der Waals surface area contributed by atoms with Crippen LogP contribution in [0.25, 0.3) is 0 Å². The molecule has 110 valence electrons. The normalized spacial score (nSPS) is 10.8. The number of hydrogen-bond donors (Lipinski definition) is 1. The van der Waals surface area contributed by atoms with Crippen LogP contribution in [-0.4, -0.2) is 19.8 Å². The molecule has 1 rings (SSSR count). The predicted molar refractivity (Wildman–Crippen MR) is 85.7 cm³/mol. The van der Waals surface area contributed by atoms with Gasteiger partial charge in [-0.15, -0.1) is 12.4 Å². The highest BCUT2D eigenvalue weighted by atomic mass is 79.9. The lowest BCUT2D eigenvalue weighted by Crippen LogP contribution is -2.37. The molecule has 19 heavy (non-hydrogen) atoms. The summed E-state index contributed by atoms with van der Waals surface area (Å²) in [7, 11) is 3.29. The average Bonchev–Trinajstić information content (AvgIpc) is 2.35. The molecular formula is C14H23BrClNO2. The van der Waals surface area contributed by atoms with E-state index in [4.69, 9.17) is 9.47 Å². The molecule has 1 N–H and O–H groups in total. The zero-order chi connectivity index (χ0) is 13.8. The van der Waals surface area contributed by atoms with Crippen molar-refractivity contribution in [3.8, 4) is 11.5 Å². The van der Waals surface area contributed by atoms with Crippen molar-refractivity contribution < 1.29 is 9.47 Å². The second kappa shape index (κ2) is 7.98. The second-order valence-electron chi connectivity index (χ2n) is 4.90. The highest BCUT2D eigenvalue weighted by Crippen LogP contribution is 2.36. The molecule has 1 aromatic carbocycles. The van der Waals surface area contributed by atoms with Gasteiger partial charge in [0.1, 0.15) is 0 Å². The number of nitrogens with one attached hydrogen (secondary N) is 1. The quantitative estimate of drug-likeness (QED) is 0.833. The Morgan fingerprint density at radius 3 is 2.32 bits per heavy atom. The first-order valence-electron chi connectivity index (χ1n) is 6.09. The fraction of sp³-hybridized carbons (Fsp3) is 0.571. The van der Waals surface area contributed by atoms with Gasteiger partial charge in [0.2, 0.25) is 0 Å². The summed E-state index contributed by atoms with van der Waals surface area (Å²) in [6.45, 7) is 7.38. The molecule has 5 heteroatoms. The van der Waals surface area contributed by atoms with E-state index in [1.54, 1.807) is 14.2 Å². The first-order chi connectivity index (χ1) is 8.43. The summed E-state index contributed by atoms with van der Waals surface area (Å²) < 4.78 is 11.5. The zero-order valence-electron chi connectivity index (χ0n) is 12.2. The third kappa shape index (κ3) is 5.21. The average molecular weight is 353 g/mol. The van der Waals surface area contributed by atoms with E-state index in [1.807, 2.05) is 6.07 Å². The molecule has 0 amide bonds. The summed E-state index contributed by atoms with van der Waals surface area (Å²) in [5.41, 5.74) is 1.31. The van der Waals surface area contributed by atoms with Gasteiger partial charge in [0.05, 0.1) is 18.7 Å². The SMILES string of the molecule is CCC(C)(C)NCc1cc(Br)c(OC)c(OC)c1.Cl. The van der Waals surface area contributed by atoms with Gasteiger partial charge in [-0.3, -0.25) is 0 Å². The molecule has 0 saturated carbocycles. The van der Waals surface area contributed by atoms with Crippen LogP contribution in [0.3, 0.4) is 0 Å². The van der Waals surface area contributed by atoms with Crippen LogP contribution < -0.4 is 14.8 Å². The topological polar surface area (TPSA) is 30.5 Å². The monoisotopic (exact) mass is 351 g/mol. The minimum absolute atomic E-state index is 0. The third-order valence-corrected chi connectivity index (χ3v) is 3.74. The fourth-order valence-electron chi connectivity index (χ4n) is 1.54. The minimum atomic E-state index is 0. The molecule has 0 fully saturated rings. The van der Waals surface area contributed by atoms with E-state index in [0.717, 1.165) is 28.9 Å². The van der Waals surface area contributed by atoms with Crippen molar-refractivity contribution in [1.29, 1.82) is 0 Å². The predicted octanol–water partition coefficient (Wildman–Crippen LogP) is 4.17. The Labute approximate surface area is 130 Å². The van der Waals surface area contributed by atoms with Gasteiger partial charge < -0.3 is 14.8 Å². The lowest BCUT2D eigenvalue weighted by molar-refractivity contribution is 0.350. The van der Waals surface area contributed by atoms with Crippen molar-refractivity contribution in [2.24, 2.45) is 0 Å².